The van der Waals surface area contributed by atoms with Gasteiger partial charge in [-0.2, -0.15) is 0 Å². The van der Waals surface area contributed by atoms with E-state index in [-0.39, 0.29) is 27.7 Å². The van der Waals surface area contributed by atoms with Crippen LogP contribution in [0.15, 0.2) is 52.4 Å². The molecule has 1 aromatic heterocycles. The molecule has 0 saturated heterocycles. The Labute approximate surface area is 200 Å². The van der Waals surface area contributed by atoms with Gasteiger partial charge in [-0.1, -0.05) is 67.7 Å². The summed E-state index contributed by atoms with van der Waals surface area (Å²) in [6, 6.07) is 11.4. The maximum Gasteiger partial charge on any atom is 0.325 e. The summed E-state index contributed by atoms with van der Waals surface area (Å²) >= 11 is 7.86. The third-order valence-corrected chi connectivity index (χ3v) is 6.87. The van der Waals surface area contributed by atoms with Gasteiger partial charge in [0.2, 0.25) is 11.1 Å². The van der Waals surface area contributed by atoms with Crippen molar-refractivity contribution in [2.75, 3.05) is 10.7 Å². The van der Waals surface area contributed by atoms with Gasteiger partial charge in [-0.15, -0.1) is 0 Å². The molecule has 0 fully saturated rings. The Hall–Kier alpha value is -2.71. The number of carbonyl (C=O) groups excluding carboxylic acids is 1. The molecule has 0 bridgehead atoms. The molecular weight excluding hydrogens is 463 g/mol. The van der Waals surface area contributed by atoms with Crippen molar-refractivity contribution >= 4 is 35.0 Å². The van der Waals surface area contributed by atoms with Crippen molar-refractivity contribution < 1.29 is 13.9 Å². The number of nitrogens with zero attached hydrogens (tertiary/aromatic N) is 3. The maximum atomic E-state index is 15.1. The molecule has 1 amide bonds. The lowest BCUT2D eigenvalue weighted by Gasteiger charge is -2.31. The lowest BCUT2D eigenvalue weighted by molar-refractivity contribution is -0.763. The van der Waals surface area contributed by atoms with Crippen molar-refractivity contribution in [3.05, 3.63) is 69.2 Å². The minimum Gasteiger partial charge on any atom is -0.291 e. The van der Waals surface area contributed by atoms with Gasteiger partial charge >= 0.3 is 11.3 Å². The normalized spacial score (nSPS) is 14.7. The number of aromatic nitrogens is 3. The number of para-hydroxylation sites is 1. The Balaban J connectivity index is 1.90. The number of fused-ring (bicyclic) bond motifs is 3. The van der Waals surface area contributed by atoms with Crippen LogP contribution in [-0.4, -0.2) is 21.7 Å². The summed E-state index contributed by atoms with van der Waals surface area (Å²) in [6.07, 6.45) is 3.35. The van der Waals surface area contributed by atoms with Crippen LogP contribution in [0.5, 0.6) is 0 Å². The van der Waals surface area contributed by atoms with Crippen molar-refractivity contribution in [3.8, 4) is 11.3 Å². The molecule has 3 aromatic rings. The number of hydrogen-bond donors (Lipinski definition) is 1. The van der Waals surface area contributed by atoms with Gasteiger partial charge in [0.15, 0.2) is 0 Å². The fourth-order valence-corrected chi connectivity index (χ4v) is 5.21. The fourth-order valence-electron chi connectivity index (χ4n) is 4.09. The summed E-state index contributed by atoms with van der Waals surface area (Å²) in [5.74, 6) is -0.103. The number of rotatable bonds is 7. The first-order valence-electron chi connectivity index (χ1n) is 11.0. The molecule has 2 aromatic carbocycles. The standard InChI is InChI=1S/C24H24ClFN4O2S/c1-3-4-5-8-14-33-24-27-22(32)21-16-10-6-7-13-19(16)29(15(2)31)23(30(21)28-24)20-17(25)11-9-12-18(20)26/h6-7,9-13,23H,3-5,8,14H2,1-2H3/p+1/t23-/m1/s1. The number of nitrogens with one attached hydrogen (secondary N) is 1. The van der Waals surface area contributed by atoms with E-state index in [1.54, 1.807) is 30.3 Å². The summed E-state index contributed by atoms with van der Waals surface area (Å²) < 4.78 is 16.5. The molecule has 2 heterocycles. The van der Waals surface area contributed by atoms with E-state index in [0.29, 0.717) is 16.4 Å². The zero-order valence-electron chi connectivity index (χ0n) is 18.5. The Morgan fingerprint density at radius 1 is 1.21 bits per heavy atom. The average molecular weight is 488 g/mol. The molecule has 172 valence electrons. The van der Waals surface area contributed by atoms with E-state index in [2.05, 4.69) is 17.0 Å². The smallest absolute Gasteiger partial charge is 0.291 e. The third-order valence-electron chi connectivity index (χ3n) is 5.59. The molecule has 1 aliphatic rings. The quantitative estimate of drug-likeness (QED) is 0.286. The van der Waals surface area contributed by atoms with Crippen LogP contribution in [0.1, 0.15) is 51.3 Å². The van der Waals surface area contributed by atoms with E-state index in [0.717, 1.165) is 31.4 Å². The zero-order valence-corrected chi connectivity index (χ0v) is 20.0. The minimum absolute atomic E-state index is 0.0899. The molecule has 1 aliphatic heterocycles. The topological polar surface area (TPSA) is 69.9 Å². The van der Waals surface area contributed by atoms with Crippen molar-refractivity contribution in [2.24, 2.45) is 0 Å². The van der Waals surface area contributed by atoms with Crippen molar-refractivity contribution in [1.29, 1.82) is 0 Å². The largest absolute Gasteiger partial charge is 0.325 e. The lowest BCUT2D eigenvalue weighted by atomic mass is 10.0. The predicted octanol–water partition coefficient (Wildman–Crippen LogP) is 5.10. The van der Waals surface area contributed by atoms with Gasteiger partial charge in [-0.25, -0.2) is 9.29 Å². The van der Waals surface area contributed by atoms with Crippen molar-refractivity contribution in [1.82, 2.24) is 10.1 Å². The zero-order chi connectivity index (χ0) is 23.5. The van der Waals surface area contributed by atoms with Gasteiger partial charge in [-0.05, 0) is 35.4 Å². The van der Waals surface area contributed by atoms with Gasteiger partial charge < -0.3 is 0 Å². The molecule has 6 nitrogen and oxygen atoms in total. The van der Waals surface area contributed by atoms with E-state index in [4.69, 9.17) is 11.6 Å². The van der Waals surface area contributed by atoms with Crippen molar-refractivity contribution in [2.45, 2.75) is 50.9 Å². The Bertz CT molecular complexity index is 1230. The monoisotopic (exact) mass is 487 g/mol. The second-order valence-corrected chi connectivity index (χ2v) is 9.37. The summed E-state index contributed by atoms with van der Waals surface area (Å²) in [6.45, 7) is 3.56. The highest BCUT2D eigenvalue weighted by molar-refractivity contribution is 7.99. The predicted molar refractivity (Wildman–Crippen MR) is 128 cm³/mol. The number of amides is 1. The van der Waals surface area contributed by atoms with Crippen LogP contribution in [0, 0.1) is 5.82 Å². The van der Waals surface area contributed by atoms with Crippen LogP contribution < -0.4 is 15.1 Å². The van der Waals surface area contributed by atoms with E-state index in [1.165, 1.54) is 40.4 Å². The third kappa shape index (κ3) is 4.54. The van der Waals surface area contributed by atoms with E-state index < -0.39 is 12.0 Å². The fraction of sp³-hybridized carbons (Fsp3) is 0.333. The summed E-state index contributed by atoms with van der Waals surface area (Å²) in [5, 5.41) is 5.24. The molecular formula is C24H25ClFN4O2S+. The maximum absolute atomic E-state index is 15.1. The number of benzene rings is 2. The Morgan fingerprint density at radius 2 is 2.00 bits per heavy atom. The number of anilines is 1. The van der Waals surface area contributed by atoms with Gasteiger partial charge in [0.25, 0.3) is 6.17 Å². The number of hydrogen-bond acceptors (Lipinski definition) is 4. The van der Waals surface area contributed by atoms with E-state index in [1.807, 2.05) is 0 Å². The summed E-state index contributed by atoms with van der Waals surface area (Å²) in [5.41, 5.74) is 1.04. The number of aromatic amines is 1. The van der Waals surface area contributed by atoms with Gasteiger partial charge in [0.05, 0.1) is 21.8 Å². The molecule has 0 saturated carbocycles. The highest BCUT2D eigenvalue weighted by Crippen LogP contribution is 2.39. The molecule has 4 rings (SSSR count). The number of thioether (sulfide) groups is 1. The van der Waals surface area contributed by atoms with E-state index in [9.17, 15) is 9.59 Å². The highest BCUT2D eigenvalue weighted by atomic mass is 35.5. The van der Waals surface area contributed by atoms with Crippen LogP contribution in [0.25, 0.3) is 11.3 Å². The molecule has 0 spiro atoms. The van der Waals surface area contributed by atoms with Crippen LogP contribution >= 0.6 is 23.4 Å². The number of H-pyrrole nitrogens is 1. The first-order chi connectivity index (χ1) is 15.9. The lowest BCUT2D eigenvalue weighted by Crippen LogP contribution is -2.61. The molecule has 1 N–H and O–H groups in total. The molecule has 0 unspecified atom stereocenters. The Morgan fingerprint density at radius 3 is 2.73 bits per heavy atom. The van der Waals surface area contributed by atoms with Crippen LogP contribution in [0.2, 0.25) is 5.02 Å². The summed E-state index contributed by atoms with van der Waals surface area (Å²) in [4.78, 5) is 30.4. The van der Waals surface area contributed by atoms with Crippen LogP contribution in [0.4, 0.5) is 10.1 Å². The minimum atomic E-state index is -1.04. The molecule has 1 atom stereocenters. The first kappa shape index (κ1) is 23.4. The molecule has 0 radical (unpaired) electrons. The second kappa shape index (κ2) is 10.1. The van der Waals surface area contributed by atoms with Crippen LogP contribution in [0.3, 0.4) is 0 Å². The number of carbonyl (C=O) groups is 1. The van der Waals surface area contributed by atoms with Crippen LogP contribution in [-0.2, 0) is 4.79 Å². The number of halogens is 2. The van der Waals surface area contributed by atoms with Gasteiger partial charge in [0, 0.05) is 17.8 Å². The second-order valence-electron chi connectivity index (χ2n) is 7.88. The number of unbranched alkanes of at least 4 members (excludes halogenated alkanes) is 3. The highest BCUT2D eigenvalue weighted by Gasteiger charge is 2.46. The van der Waals surface area contributed by atoms with Crippen molar-refractivity contribution in [3.63, 3.8) is 0 Å². The molecule has 9 heteroatoms. The summed E-state index contributed by atoms with van der Waals surface area (Å²) in [7, 11) is 0. The first-order valence-corrected chi connectivity index (χ1v) is 12.3. The van der Waals surface area contributed by atoms with Gasteiger partial charge in [-0.3, -0.25) is 14.6 Å². The average Bonchev–Trinajstić information content (AvgIpc) is 2.78. The molecule has 0 aliphatic carbocycles. The Kier molecular flexibility index (Phi) is 7.14. The molecule has 33 heavy (non-hydrogen) atoms. The van der Waals surface area contributed by atoms with Gasteiger partial charge in [0.1, 0.15) is 5.82 Å². The SMILES string of the molecule is CCCCCCSc1n[n+]2c(c(=O)[nH]1)-c1ccccc1N(C(C)=O)[C@H]2c1c(F)cccc1Cl. The van der Waals surface area contributed by atoms with E-state index >= 15 is 4.39 Å².